The molecule has 0 aromatic carbocycles. The van der Waals surface area contributed by atoms with Crippen LogP contribution in [0.15, 0.2) is 0 Å². The molecule has 13 heavy (non-hydrogen) atoms. The Hall–Kier alpha value is -0.690. The summed E-state index contributed by atoms with van der Waals surface area (Å²) in [5.41, 5.74) is 0. The first-order valence-corrected chi connectivity index (χ1v) is 3.79. The highest BCUT2D eigenvalue weighted by molar-refractivity contribution is 5.67. The van der Waals surface area contributed by atoms with Crippen molar-refractivity contribution in [2.75, 3.05) is 13.2 Å². The molecule has 0 saturated carbocycles. The Bertz CT molecular complexity index is 126. The zero-order valence-corrected chi connectivity index (χ0v) is 7.42. The maximum atomic E-state index is 9.88. The lowest BCUT2D eigenvalue weighted by Gasteiger charge is -2.12. The van der Waals surface area contributed by atoms with Crippen molar-refractivity contribution in [1.82, 2.24) is 0 Å². The van der Waals surface area contributed by atoms with Crippen molar-refractivity contribution in [3.63, 3.8) is 0 Å². The lowest BCUT2D eigenvalue weighted by molar-refractivity contribution is -0.141. The van der Waals surface area contributed by atoms with Gasteiger partial charge in [-0.1, -0.05) is 0 Å². The number of hydrogen-bond acceptors (Lipinski definition) is 5. The van der Waals surface area contributed by atoms with Gasteiger partial charge in [-0.3, -0.25) is 4.79 Å². The molecule has 0 fully saturated rings. The average Bonchev–Trinajstić information content (AvgIpc) is 2.03. The maximum Gasteiger partial charge on any atom is 0.306 e. The molecule has 0 aliphatic rings. The van der Waals surface area contributed by atoms with E-state index in [2.05, 4.69) is 0 Å². The molecular weight excluding hydrogens is 180 g/mol. The van der Waals surface area contributed by atoms with Gasteiger partial charge in [0.2, 0.25) is 0 Å². The quantitative estimate of drug-likeness (QED) is 0.361. The molecular formula is C7H16O6. The van der Waals surface area contributed by atoms with Gasteiger partial charge in [0.1, 0.15) is 6.10 Å². The molecule has 0 spiro atoms. The number of aliphatic carboxylic acids is 1. The molecule has 80 valence electrons. The molecule has 0 aromatic heterocycles. The van der Waals surface area contributed by atoms with E-state index < -0.39 is 31.2 Å². The number of aliphatic hydroxyl groups excluding tert-OH is 4. The Morgan fingerprint density at radius 1 is 1.23 bits per heavy atom. The Kier molecular flexibility index (Phi) is 10.7. The van der Waals surface area contributed by atoms with Crippen LogP contribution in [-0.4, -0.2) is 56.9 Å². The van der Waals surface area contributed by atoms with E-state index in [1.807, 2.05) is 0 Å². The first kappa shape index (κ1) is 14.8. The predicted molar refractivity (Wildman–Crippen MR) is 44.1 cm³/mol. The van der Waals surface area contributed by atoms with Gasteiger partial charge in [-0.2, -0.15) is 0 Å². The summed E-state index contributed by atoms with van der Waals surface area (Å²) >= 11 is 0. The van der Waals surface area contributed by atoms with Crippen LogP contribution in [0, 0.1) is 0 Å². The van der Waals surface area contributed by atoms with Crippen LogP contribution >= 0.6 is 0 Å². The zero-order chi connectivity index (χ0) is 10.9. The second-order valence-corrected chi connectivity index (χ2v) is 2.23. The minimum atomic E-state index is -1.39. The second kappa shape index (κ2) is 9.40. The summed E-state index contributed by atoms with van der Waals surface area (Å²) < 4.78 is 0. The summed E-state index contributed by atoms with van der Waals surface area (Å²) in [5, 5.41) is 41.2. The third-order valence-corrected chi connectivity index (χ3v) is 1.01. The van der Waals surface area contributed by atoms with Crippen molar-refractivity contribution in [2.45, 2.75) is 25.6 Å². The fourth-order valence-corrected chi connectivity index (χ4v) is 0.437. The topological polar surface area (TPSA) is 118 Å². The predicted octanol–water partition coefficient (Wildman–Crippen LogP) is -1.83. The van der Waals surface area contributed by atoms with Crippen molar-refractivity contribution < 1.29 is 30.3 Å². The van der Waals surface area contributed by atoms with Crippen LogP contribution in [0.4, 0.5) is 0 Å². The zero-order valence-electron chi connectivity index (χ0n) is 7.42. The van der Waals surface area contributed by atoms with Gasteiger partial charge in [0, 0.05) is 6.61 Å². The summed E-state index contributed by atoms with van der Waals surface area (Å²) in [6, 6.07) is 0. The standard InChI is InChI=1S/C5H10O5.C2H6O/c6-2-4(8)3(7)1-5(9)10;1-2-3/h3-4,6-8H,1-2H2,(H,9,10);3H,2H2,1H3. The van der Waals surface area contributed by atoms with E-state index in [1.165, 1.54) is 0 Å². The van der Waals surface area contributed by atoms with Crippen LogP contribution < -0.4 is 0 Å². The lowest BCUT2D eigenvalue weighted by atomic mass is 10.1. The minimum Gasteiger partial charge on any atom is -0.481 e. The van der Waals surface area contributed by atoms with E-state index in [9.17, 15) is 4.79 Å². The molecule has 0 heterocycles. The van der Waals surface area contributed by atoms with Gasteiger partial charge in [0.25, 0.3) is 0 Å². The van der Waals surface area contributed by atoms with Gasteiger partial charge < -0.3 is 25.5 Å². The molecule has 0 aromatic rings. The SMILES string of the molecule is CCO.O=C(O)CC(O)C(O)CO. The van der Waals surface area contributed by atoms with Gasteiger partial charge in [-0.25, -0.2) is 0 Å². The van der Waals surface area contributed by atoms with Crippen molar-refractivity contribution in [2.24, 2.45) is 0 Å². The van der Waals surface area contributed by atoms with Crippen LogP contribution in [0.25, 0.3) is 0 Å². The van der Waals surface area contributed by atoms with Crippen LogP contribution in [-0.2, 0) is 4.79 Å². The number of carbonyl (C=O) groups is 1. The van der Waals surface area contributed by atoms with Gasteiger partial charge in [-0.15, -0.1) is 0 Å². The molecule has 2 unspecified atom stereocenters. The minimum absolute atomic E-state index is 0.250. The van der Waals surface area contributed by atoms with Gasteiger partial charge in [0.15, 0.2) is 0 Å². The van der Waals surface area contributed by atoms with E-state index in [-0.39, 0.29) is 6.61 Å². The number of hydrogen-bond donors (Lipinski definition) is 5. The fourth-order valence-electron chi connectivity index (χ4n) is 0.437. The maximum absolute atomic E-state index is 9.88. The first-order chi connectivity index (χ1) is 5.99. The van der Waals surface area contributed by atoms with E-state index in [0.717, 1.165) is 0 Å². The van der Waals surface area contributed by atoms with Gasteiger partial charge in [-0.05, 0) is 6.92 Å². The highest BCUT2D eigenvalue weighted by atomic mass is 16.4. The molecule has 2 atom stereocenters. The summed E-state index contributed by atoms with van der Waals surface area (Å²) in [5.74, 6) is -1.21. The van der Waals surface area contributed by atoms with E-state index in [4.69, 9.17) is 25.5 Å². The molecule has 0 aliphatic heterocycles. The molecule has 0 rings (SSSR count). The van der Waals surface area contributed by atoms with Crippen LogP contribution in [0.1, 0.15) is 13.3 Å². The summed E-state index contributed by atoms with van der Waals surface area (Å²) in [6.45, 7) is 1.30. The first-order valence-electron chi connectivity index (χ1n) is 3.79. The molecule has 6 heteroatoms. The summed E-state index contributed by atoms with van der Waals surface area (Å²) in [4.78, 5) is 9.88. The molecule has 0 saturated heterocycles. The smallest absolute Gasteiger partial charge is 0.306 e. The van der Waals surface area contributed by atoms with Crippen molar-refractivity contribution in [3.05, 3.63) is 0 Å². The van der Waals surface area contributed by atoms with E-state index in [0.29, 0.717) is 0 Å². The fraction of sp³-hybridized carbons (Fsp3) is 0.857. The third kappa shape index (κ3) is 11.3. The Labute approximate surface area is 76.1 Å². The third-order valence-electron chi connectivity index (χ3n) is 1.01. The molecule has 5 N–H and O–H groups in total. The summed E-state index contributed by atoms with van der Waals surface area (Å²) in [7, 11) is 0. The van der Waals surface area contributed by atoms with Crippen molar-refractivity contribution in [3.8, 4) is 0 Å². The van der Waals surface area contributed by atoms with Crippen LogP contribution in [0.2, 0.25) is 0 Å². The number of rotatable bonds is 4. The Balaban J connectivity index is 0. The highest BCUT2D eigenvalue weighted by Crippen LogP contribution is 1.97. The highest BCUT2D eigenvalue weighted by Gasteiger charge is 2.17. The van der Waals surface area contributed by atoms with E-state index in [1.54, 1.807) is 6.92 Å². The molecule has 0 radical (unpaired) electrons. The molecule has 0 bridgehead atoms. The summed E-state index contributed by atoms with van der Waals surface area (Å²) in [6.07, 6.45) is -3.31. The van der Waals surface area contributed by atoms with Crippen LogP contribution in [0.5, 0.6) is 0 Å². The number of aliphatic hydroxyl groups is 4. The largest absolute Gasteiger partial charge is 0.481 e. The van der Waals surface area contributed by atoms with E-state index >= 15 is 0 Å². The Morgan fingerprint density at radius 2 is 1.62 bits per heavy atom. The van der Waals surface area contributed by atoms with Gasteiger partial charge in [0.05, 0.1) is 19.1 Å². The number of carboxylic acids is 1. The van der Waals surface area contributed by atoms with Crippen molar-refractivity contribution >= 4 is 5.97 Å². The molecule has 6 nitrogen and oxygen atoms in total. The van der Waals surface area contributed by atoms with Crippen LogP contribution in [0.3, 0.4) is 0 Å². The lowest BCUT2D eigenvalue weighted by Crippen LogP contribution is -2.31. The average molecular weight is 196 g/mol. The second-order valence-electron chi connectivity index (χ2n) is 2.23. The molecule has 0 amide bonds. The molecule has 0 aliphatic carbocycles. The van der Waals surface area contributed by atoms with Gasteiger partial charge >= 0.3 is 5.97 Å². The monoisotopic (exact) mass is 196 g/mol. The Morgan fingerprint density at radius 3 is 1.85 bits per heavy atom. The normalized spacial score (nSPS) is 13.9. The number of carboxylic acid groups (broad SMARTS) is 1. The van der Waals surface area contributed by atoms with Crippen molar-refractivity contribution in [1.29, 1.82) is 0 Å².